The lowest BCUT2D eigenvalue weighted by Gasteiger charge is -2.20. The van der Waals surface area contributed by atoms with Gasteiger partial charge in [-0.25, -0.2) is 18.0 Å². The van der Waals surface area contributed by atoms with E-state index in [2.05, 4.69) is 0 Å². The quantitative estimate of drug-likeness (QED) is 0.886. The lowest BCUT2D eigenvalue weighted by Crippen LogP contribution is -2.40. The predicted octanol–water partition coefficient (Wildman–Crippen LogP) is 1.97. The van der Waals surface area contributed by atoms with Gasteiger partial charge in [-0.1, -0.05) is 23.8 Å². The van der Waals surface area contributed by atoms with Crippen LogP contribution in [0, 0.1) is 6.92 Å². The molecule has 0 aliphatic carbocycles. The number of benzene rings is 2. The summed E-state index contributed by atoms with van der Waals surface area (Å²) in [6, 6.07) is 9.61. The molecule has 0 unspecified atom stereocenters. The summed E-state index contributed by atoms with van der Waals surface area (Å²) in [6.45, 7) is 1.79. The van der Waals surface area contributed by atoms with Gasteiger partial charge in [0, 0.05) is 0 Å². The lowest BCUT2D eigenvalue weighted by molar-refractivity contribution is 0.0697. The zero-order valence-electron chi connectivity index (χ0n) is 12.1. The molecule has 0 saturated heterocycles. The molecular weight excluding hydrogens is 320 g/mol. The van der Waals surface area contributed by atoms with E-state index < -0.39 is 22.0 Å². The van der Waals surface area contributed by atoms with Gasteiger partial charge in [-0.3, -0.25) is 0 Å². The lowest BCUT2D eigenvalue weighted by atomic mass is 10.2. The normalized spacial score (nSPS) is 11.0. The first-order valence-corrected chi connectivity index (χ1v) is 7.92. The fraction of sp³-hybridized carbons (Fsp3) is 0.0667. The number of carbonyl (C=O) groups is 2. The number of nitrogens with zero attached hydrogens (tertiary/aromatic N) is 1. The zero-order valence-corrected chi connectivity index (χ0v) is 12.9. The average molecular weight is 334 g/mol. The molecule has 0 fully saturated rings. The van der Waals surface area contributed by atoms with E-state index in [0.29, 0.717) is 4.31 Å². The molecule has 0 aliphatic heterocycles. The minimum absolute atomic E-state index is 0.123. The summed E-state index contributed by atoms with van der Waals surface area (Å²) in [4.78, 5) is 22.6. The molecule has 23 heavy (non-hydrogen) atoms. The number of aromatic carboxylic acids is 1. The minimum Gasteiger partial charge on any atom is -0.478 e. The van der Waals surface area contributed by atoms with Crippen molar-refractivity contribution in [2.75, 3.05) is 4.31 Å². The summed E-state index contributed by atoms with van der Waals surface area (Å²) in [5.41, 5.74) is 5.76. The Bertz CT molecular complexity index is 860. The Hall–Kier alpha value is -2.87. The van der Waals surface area contributed by atoms with Crippen molar-refractivity contribution < 1.29 is 23.1 Å². The molecule has 3 N–H and O–H groups in total. The predicted molar refractivity (Wildman–Crippen MR) is 83.8 cm³/mol. The number of carboxylic acids is 1. The highest BCUT2D eigenvalue weighted by Crippen LogP contribution is 2.24. The number of rotatable bonds is 4. The van der Waals surface area contributed by atoms with Crippen LogP contribution in [-0.4, -0.2) is 25.5 Å². The SMILES string of the molecule is Cc1ccc(S(=O)(=O)N(C(N)=O)c2cccc(C(=O)O)c2)cc1. The van der Waals surface area contributed by atoms with Crippen LogP contribution in [0.3, 0.4) is 0 Å². The Kier molecular flexibility index (Phi) is 4.37. The fourth-order valence-electron chi connectivity index (χ4n) is 1.97. The number of carbonyl (C=O) groups excluding carboxylic acids is 1. The molecular formula is C15H14N2O5S. The Morgan fingerprint density at radius 1 is 1.09 bits per heavy atom. The molecule has 2 rings (SSSR count). The summed E-state index contributed by atoms with van der Waals surface area (Å²) < 4.78 is 25.7. The summed E-state index contributed by atoms with van der Waals surface area (Å²) >= 11 is 0. The van der Waals surface area contributed by atoms with E-state index in [1.165, 1.54) is 30.3 Å². The van der Waals surface area contributed by atoms with E-state index >= 15 is 0 Å². The number of hydrogen-bond donors (Lipinski definition) is 2. The van der Waals surface area contributed by atoms with Gasteiger partial charge >= 0.3 is 12.0 Å². The highest BCUT2D eigenvalue weighted by molar-refractivity contribution is 7.93. The number of primary amides is 1. The number of hydrogen-bond acceptors (Lipinski definition) is 4. The maximum atomic E-state index is 12.6. The van der Waals surface area contributed by atoms with Crippen molar-refractivity contribution in [3.63, 3.8) is 0 Å². The highest BCUT2D eigenvalue weighted by atomic mass is 32.2. The zero-order chi connectivity index (χ0) is 17.2. The van der Waals surface area contributed by atoms with Crippen molar-refractivity contribution >= 4 is 27.7 Å². The van der Waals surface area contributed by atoms with Gasteiger partial charge in [-0.05, 0) is 37.3 Å². The van der Waals surface area contributed by atoms with Gasteiger partial charge in [-0.15, -0.1) is 0 Å². The van der Waals surface area contributed by atoms with Gasteiger partial charge in [0.15, 0.2) is 0 Å². The van der Waals surface area contributed by atoms with E-state index in [1.54, 1.807) is 19.1 Å². The van der Waals surface area contributed by atoms with Gasteiger partial charge < -0.3 is 10.8 Å². The maximum absolute atomic E-state index is 12.6. The van der Waals surface area contributed by atoms with Crippen LogP contribution in [0.2, 0.25) is 0 Å². The van der Waals surface area contributed by atoms with Crippen molar-refractivity contribution in [1.29, 1.82) is 0 Å². The molecule has 0 radical (unpaired) electrons. The number of anilines is 1. The van der Waals surface area contributed by atoms with Crippen molar-refractivity contribution in [3.8, 4) is 0 Å². The van der Waals surface area contributed by atoms with Crippen molar-refractivity contribution in [3.05, 3.63) is 59.7 Å². The first-order chi connectivity index (χ1) is 10.7. The molecule has 120 valence electrons. The fourth-order valence-corrected chi connectivity index (χ4v) is 3.28. The number of amides is 2. The molecule has 2 aromatic carbocycles. The summed E-state index contributed by atoms with van der Waals surface area (Å²) in [7, 11) is -4.25. The Labute approximate surface area is 133 Å². The topological polar surface area (TPSA) is 118 Å². The van der Waals surface area contributed by atoms with Crippen LogP contribution in [-0.2, 0) is 10.0 Å². The van der Waals surface area contributed by atoms with Crippen LogP contribution in [0.4, 0.5) is 10.5 Å². The Morgan fingerprint density at radius 2 is 1.70 bits per heavy atom. The monoisotopic (exact) mass is 334 g/mol. The molecule has 0 aliphatic rings. The van der Waals surface area contributed by atoms with E-state index in [0.717, 1.165) is 11.6 Å². The smallest absolute Gasteiger partial charge is 0.335 e. The van der Waals surface area contributed by atoms with Crippen molar-refractivity contribution in [2.24, 2.45) is 5.73 Å². The summed E-state index contributed by atoms with van der Waals surface area (Å²) in [5.74, 6) is -1.25. The van der Waals surface area contributed by atoms with Crippen LogP contribution in [0.5, 0.6) is 0 Å². The standard InChI is InChI=1S/C15H14N2O5S/c1-10-5-7-13(8-6-10)23(21,22)17(15(16)20)12-4-2-3-11(9-12)14(18)19/h2-9H,1H3,(H2,16,20)(H,18,19). The van der Waals surface area contributed by atoms with Gasteiger partial charge in [0.2, 0.25) is 0 Å². The van der Waals surface area contributed by atoms with E-state index in [9.17, 15) is 18.0 Å². The van der Waals surface area contributed by atoms with Gasteiger partial charge in [0.1, 0.15) is 0 Å². The van der Waals surface area contributed by atoms with E-state index in [-0.39, 0.29) is 16.1 Å². The van der Waals surface area contributed by atoms with Crippen molar-refractivity contribution in [2.45, 2.75) is 11.8 Å². The van der Waals surface area contributed by atoms with Crippen LogP contribution < -0.4 is 10.0 Å². The molecule has 7 nitrogen and oxygen atoms in total. The third kappa shape index (κ3) is 3.32. The highest BCUT2D eigenvalue weighted by Gasteiger charge is 2.29. The number of urea groups is 1. The Morgan fingerprint density at radius 3 is 2.22 bits per heavy atom. The minimum atomic E-state index is -4.25. The molecule has 0 bridgehead atoms. The molecule has 2 amide bonds. The first-order valence-electron chi connectivity index (χ1n) is 6.48. The summed E-state index contributed by atoms with van der Waals surface area (Å²) in [6.07, 6.45) is 0. The molecule has 0 heterocycles. The first kappa shape index (κ1) is 16.5. The molecule has 0 atom stereocenters. The van der Waals surface area contributed by atoms with E-state index in [1.807, 2.05) is 0 Å². The van der Waals surface area contributed by atoms with Gasteiger partial charge in [0.05, 0.1) is 16.1 Å². The van der Waals surface area contributed by atoms with Crippen molar-refractivity contribution in [1.82, 2.24) is 0 Å². The molecule has 0 spiro atoms. The van der Waals surface area contributed by atoms with Gasteiger partial charge in [-0.2, -0.15) is 4.31 Å². The maximum Gasteiger partial charge on any atom is 0.335 e. The molecule has 2 aromatic rings. The van der Waals surface area contributed by atoms with Crippen LogP contribution >= 0.6 is 0 Å². The van der Waals surface area contributed by atoms with Gasteiger partial charge in [0.25, 0.3) is 10.0 Å². The Balaban J connectivity index is 2.58. The average Bonchev–Trinajstić information content (AvgIpc) is 2.47. The number of nitrogens with two attached hydrogens (primary N) is 1. The summed E-state index contributed by atoms with van der Waals surface area (Å²) in [5, 5.41) is 9.00. The second-order valence-corrected chi connectivity index (χ2v) is 6.56. The second-order valence-electron chi connectivity index (χ2n) is 4.78. The van der Waals surface area contributed by atoms with Crippen LogP contribution in [0.25, 0.3) is 0 Å². The number of aryl methyl sites for hydroxylation is 1. The van der Waals surface area contributed by atoms with Crippen LogP contribution in [0.1, 0.15) is 15.9 Å². The molecule has 0 aromatic heterocycles. The third-order valence-corrected chi connectivity index (χ3v) is 4.83. The number of carboxylic acid groups (broad SMARTS) is 1. The largest absolute Gasteiger partial charge is 0.478 e. The number of sulfonamides is 1. The van der Waals surface area contributed by atoms with Crippen LogP contribution in [0.15, 0.2) is 53.4 Å². The second kappa shape index (κ2) is 6.09. The third-order valence-electron chi connectivity index (χ3n) is 3.09. The molecule has 0 saturated carbocycles. The van der Waals surface area contributed by atoms with E-state index in [4.69, 9.17) is 10.8 Å². The molecule has 8 heteroatoms.